The van der Waals surface area contributed by atoms with Crippen LogP contribution in [0.15, 0.2) is 12.1 Å². The van der Waals surface area contributed by atoms with Crippen molar-refractivity contribution in [1.29, 1.82) is 0 Å². The fourth-order valence-corrected chi connectivity index (χ4v) is 2.44. The zero-order chi connectivity index (χ0) is 16.5. The molecule has 2 heterocycles. The van der Waals surface area contributed by atoms with Gasteiger partial charge in [0.1, 0.15) is 5.15 Å². The average molecular weight is 326 g/mol. The van der Waals surface area contributed by atoms with Crippen LogP contribution < -0.4 is 5.46 Å². The third-order valence-electron chi connectivity index (χ3n) is 4.29. The Morgan fingerprint density at radius 2 is 1.86 bits per heavy atom. The van der Waals surface area contributed by atoms with Crippen molar-refractivity contribution in [2.75, 3.05) is 0 Å². The van der Waals surface area contributed by atoms with Gasteiger partial charge in [0.15, 0.2) is 0 Å². The highest BCUT2D eigenvalue weighted by Gasteiger charge is 2.52. The zero-order valence-corrected chi connectivity index (χ0v) is 14.1. The molecule has 120 valence electrons. The number of halogens is 1. The minimum absolute atomic E-state index is 0.0942. The van der Waals surface area contributed by atoms with Crippen LogP contribution in [0.3, 0.4) is 0 Å². The van der Waals surface area contributed by atoms with Crippen LogP contribution in [-0.2, 0) is 20.5 Å². The predicted octanol–water partition coefficient (Wildman–Crippen LogP) is 2.44. The van der Waals surface area contributed by atoms with Crippen LogP contribution >= 0.6 is 11.6 Å². The molecule has 0 saturated carbocycles. The van der Waals surface area contributed by atoms with Gasteiger partial charge in [-0.25, -0.2) is 4.98 Å². The number of carboxylic acids is 1. The van der Waals surface area contributed by atoms with Crippen molar-refractivity contribution >= 4 is 30.2 Å². The van der Waals surface area contributed by atoms with Gasteiger partial charge >= 0.3 is 13.1 Å². The summed E-state index contributed by atoms with van der Waals surface area (Å²) in [6.45, 7) is 7.95. The molecule has 0 radical (unpaired) electrons. The standard InChI is InChI=1S/C15H21BClNO4/c1-14(2)15(3,4)22-16(21-14)10-8-9-12(17)18-11(10)6-5-7-13(19)20/h8-9H,5-7H2,1-4H3,(H,19,20). The van der Waals surface area contributed by atoms with E-state index in [0.29, 0.717) is 18.0 Å². The lowest BCUT2D eigenvalue weighted by atomic mass is 9.77. The summed E-state index contributed by atoms with van der Waals surface area (Å²) in [4.78, 5) is 15.0. The Morgan fingerprint density at radius 1 is 1.27 bits per heavy atom. The molecule has 0 atom stereocenters. The number of nitrogens with zero attached hydrogens (tertiary/aromatic N) is 1. The molecule has 0 aliphatic carbocycles. The lowest BCUT2D eigenvalue weighted by Gasteiger charge is -2.32. The Morgan fingerprint density at radius 3 is 2.41 bits per heavy atom. The second kappa shape index (κ2) is 6.18. The summed E-state index contributed by atoms with van der Waals surface area (Å²) in [7, 11) is -0.519. The summed E-state index contributed by atoms with van der Waals surface area (Å²) in [6, 6.07) is 3.54. The zero-order valence-electron chi connectivity index (χ0n) is 13.4. The lowest BCUT2D eigenvalue weighted by Crippen LogP contribution is -2.41. The number of carboxylic acid groups (broad SMARTS) is 1. The highest BCUT2D eigenvalue weighted by molar-refractivity contribution is 6.62. The van der Waals surface area contributed by atoms with Gasteiger partial charge in [-0.1, -0.05) is 17.7 Å². The summed E-state index contributed by atoms with van der Waals surface area (Å²) in [5.74, 6) is -0.820. The molecule has 0 aromatic carbocycles. The Bertz CT molecular complexity index is 561. The highest BCUT2D eigenvalue weighted by Crippen LogP contribution is 2.36. The van der Waals surface area contributed by atoms with Crippen molar-refractivity contribution in [3.63, 3.8) is 0 Å². The van der Waals surface area contributed by atoms with E-state index in [9.17, 15) is 4.79 Å². The van der Waals surface area contributed by atoms with E-state index in [1.54, 1.807) is 6.07 Å². The van der Waals surface area contributed by atoms with Crippen LogP contribution in [-0.4, -0.2) is 34.4 Å². The number of carbonyl (C=O) groups is 1. The normalized spacial score (nSPS) is 19.4. The van der Waals surface area contributed by atoms with Crippen molar-refractivity contribution in [3.8, 4) is 0 Å². The van der Waals surface area contributed by atoms with Crippen LogP contribution in [0, 0.1) is 0 Å². The molecule has 2 rings (SSSR count). The largest absolute Gasteiger partial charge is 0.496 e. The molecule has 22 heavy (non-hydrogen) atoms. The van der Waals surface area contributed by atoms with Gasteiger partial charge in [-0.3, -0.25) is 4.79 Å². The number of aromatic nitrogens is 1. The van der Waals surface area contributed by atoms with E-state index in [2.05, 4.69) is 4.98 Å². The molecule has 0 amide bonds. The number of hydrogen-bond acceptors (Lipinski definition) is 4. The molecule has 1 fully saturated rings. The number of aryl methyl sites for hydroxylation is 1. The summed E-state index contributed by atoms with van der Waals surface area (Å²) in [5.41, 5.74) is 0.673. The average Bonchev–Trinajstić information content (AvgIpc) is 2.57. The Balaban J connectivity index is 2.22. The molecule has 1 saturated heterocycles. The maximum Gasteiger partial charge on any atom is 0.496 e. The predicted molar refractivity (Wildman–Crippen MR) is 85.5 cm³/mol. The molecule has 1 N–H and O–H groups in total. The fraction of sp³-hybridized carbons (Fsp3) is 0.600. The van der Waals surface area contributed by atoms with Crippen LogP contribution in [0.25, 0.3) is 0 Å². The topological polar surface area (TPSA) is 68.7 Å². The van der Waals surface area contributed by atoms with Gasteiger partial charge in [-0.15, -0.1) is 0 Å². The molecule has 1 aromatic heterocycles. The number of aliphatic carboxylic acids is 1. The second-order valence-corrected chi connectivity index (χ2v) is 6.89. The van der Waals surface area contributed by atoms with E-state index >= 15 is 0 Å². The lowest BCUT2D eigenvalue weighted by molar-refractivity contribution is -0.137. The minimum Gasteiger partial charge on any atom is -0.481 e. The van der Waals surface area contributed by atoms with Gasteiger partial charge in [-0.2, -0.15) is 0 Å². The smallest absolute Gasteiger partial charge is 0.481 e. The van der Waals surface area contributed by atoms with Crippen molar-refractivity contribution in [3.05, 3.63) is 23.0 Å². The third kappa shape index (κ3) is 3.62. The Kier molecular flexibility index (Phi) is 4.85. The van der Waals surface area contributed by atoms with Gasteiger partial charge in [0.2, 0.25) is 0 Å². The maximum atomic E-state index is 10.7. The molecular formula is C15H21BClNO4. The Labute approximate surface area is 136 Å². The molecule has 7 heteroatoms. The summed E-state index contributed by atoms with van der Waals surface area (Å²) >= 11 is 5.97. The fourth-order valence-electron chi connectivity index (χ4n) is 2.28. The summed E-state index contributed by atoms with van der Waals surface area (Å²) < 4.78 is 12.1. The number of pyridine rings is 1. The van der Waals surface area contributed by atoms with Crippen molar-refractivity contribution < 1.29 is 19.2 Å². The molecule has 5 nitrogen and oxygen atoms in total. The van der Waals surface area contributed by atoms with E-state index in [-0.39, 0.29) is 6.42 Å². The first-order valence-electron chi connectivity index (χ1n) is 7.35. The highest BCUT2D eigenvalue weighted by atomic mass is 35.5. The molecule has 1 aliphatic heterocycles. The maximum absolute atomic E-state index is 10.7. The first-order chi connectivity index (χ1) is 10.1. The van der Waals surface area contributed by atoms with Crippen LogP contribution in [0.2, 0.25) is 5.15 Å². The van der Waals surface area contributed by atoms with Gasteiger partial charge in [0.25, 0.3) is 0 Å². The second-order valence-electron chi connectivity index (χ2n) is 6.51. The van der Waals surface area contributed by atoms with Gasteiger partial charge in [0.05, 0.1) is 11.2 Å². The van der Waals surface area contributed by atoms with Crippen molar-refractivity contribution in [2.24, 2.45) is 0 Å². The number of hydrogen-bond donors (Lipinski definition) is 1. The van der Waals surface area contributed by atoms with E-state index < -0.39 is 24.3 Å². The van der Waals surface area contributed by atoms with E-state index in [1.165, 1.54) is 0 Å². The molecule has 1 aromatic rings. The first-order valence-corrected chi connectivity index (χ1v) is 7.73. The SMILES string of the molecule is CC1(C)OB(c2ccc(Cl)nc2CCCC(=O)O)OC1(C)C. The molecule has 0 unspecified atom stereocenters. The minimum atomic E-state index is -0.820. The molecular weight excluding hydrogens is 304 g/mol. The van der Waals surface area contributed by atoms with Crippen LogP contribution in [0.5, 0.6) is 0 Å². The van der Waals surface area contributed by atoms with Crippen LogP contribution in [0.1, 0.15) is 46.2 Å². The van der Waals surface area contributed by atoms with E-state index in [0.717, 1.165) is 11.2 Å². The Hall–Kier alpha value is -1.11. The molecule has 0 spiro atoms. The monoisotopic (exact) mass is 325 g/mol. The van der Waals surface area contributed by atoms with E-state index in [4.69, 9.17) is 26.0 Å². The van der Waals surface area contributed by atoms with Crippen molar-refractivity contribution in [2.45, 2.75) is 58.2 Å². The first kappa shape index (κ1) is 17.3. The summed E-state index contributed by atoms with van der Waals surface area (Å²) in [5, 5.41) is 9.15. The molecule has 1 aliphatic rings. The van der Waals surface area contributed by atoms with Gasteiger partial charge in [0, 0.05) is 17.6 Å². The quantitative estimate of drug-likeness (QED) is 0.665. The van der Waals surface area contributed by atoms with Gasteiger partial charge < -0.3 is 14.4 Å². The van der Waals surface area contributed by atoms with E-state index in [1.807, 2.05) is 33.8 Å². The van der Waals surface area contributed by atoms with Crippen molar-refractivity contribution in [1.82, 2.24) is 4.98 Å². The number of rotatable bonds is 5. The molecule has 0 bridgehead atoms. The third-order valence-corrected chi connectivity index (χ3v) is 4.50. The summed E-state index contributed by atoms with van der Waals surface area (Å²) in [6.07, 6.45) is 1.11. The van der Waals surface area contributed by atoms with Crippen LogP contribution in [0.4, 0.5) is 0 Å². The van der Waals surface area contributed by atoms with Gasteiger partial charge in [-0.05, 0) is 46.6 Å².